The number of benzene rings is 1. The van der Waals surface area contributed by atoms with Crippen LogP contribution < -0.4 is 65.1 Å². The zero-order valence-electron chi connectivity index (χ0n) is 42.0. The third kappa shape index (κ3) is 15.2. The summed E-state index contributed by atoms with van der Waals surface area (Å²) < 4.78 is -0.715. The lowest BCUT2D eigenvalue weighted by Gasteiger charge is -2.31. The van der Waals surface area contributed by atoms with Gasteiger partial charge in [0.25, 0.3) is 5.91 Å². The lowest BCUT2D eigenvalue weighted by Crippen LogP contribution is -2.62. The first-order chi connectivity index (χ1) is 35.1. The van der Waals surface area contributed by atoms with Gasteiger partial charge in [-0.15, -0.1) is 0 Å². The van der Waals surface area contributed by atoms with Gasteiger partial charge in [0.2, 0.25) is 65.2 Å². The number of nitrogens with zero attached hydrogens (tertiary/aromatic N) is 1. The van der Waals surface area contributed by atoms with E-state index in [1.54, 1.807) is 20.8 Å². The highest BCUT2D eigenvalue weighted by Gasteiger charge is 2.76. The molecule has 4 aliphatic rings. The van der Waals surface area contributed by atoms with Crippen molar-refractivity contribution in [1.29, 1.82) is 0 Å². The maximum absolute atomic E-state index is 15.0. The second-order valence-corrected chi connectivity index (χ2v) is 19.7. The first kappa shape index (κ1) is 57.7. The van der Waals surface area contributed by atoms with Crippen molar-refractivity contribution in [3.63, 3.8) is 0 Å². The average Bonchev–Trinajstić information content (AvgIpc) is 4.26. The highest BCUT2D eigenvalue weighted by atomic mass is 16.3. The lowest BCUT2D eigenvalue weighted by molar-refractivity contribution is -0.767. The fourth-order valence-electron chi connectivity index (χ4n) is 9.76. The number of phenols is 1. The van der Waals surface area contributed by atoms with Crippen LogP contribution in [0.15, 0.2) is 24.3 Å². The molecule has 1 spiro atoms. The van der Waals surface area contributed by atoms with Crippen LogP contribution in [0, 0.1) is 17.8 Å². The van der Waals surface area contributed by atoms with Crippen LogP contribution in [0.5, 0.6) is 5.75 Å². The molecule has 5 rings (SSSR count). The maximum atomic E-state index is 15.0. The van der Waals surface area contributed by atoms with Gasteiger partial charge in [-0.05, 0) is 81.5 Å². The molecule has 0 radical (unpaired) electrons. The van der Waals surface area contributed by atoms with Crippen LogP contribution in [0.2, 0.25) is 0 Å². The van der Waals surface area contributed by atoms with E-state index in [1.165, 1.54) is 24.3 Å². The summed E-state index contributed by atoms with van der Waals surface area (Å²) in [5.74, 6) is -10.1. The van der Waals surface area contributed by atoms with Crippen molar-refractivity contribution in [2.45, 2.75) is 146 Å². The maximum Gasteiger partial charge on any atom is 0.339 e. The lowest BCUT2D eigenvalue weighted by atomic mass is 9.96. The summed E-state index contributed by atoms with van der Waals surface area (Å²) in [5.41, 5.74) is 16.7. The molecular formula is C48H72N13O13+. The molecular weight excluding hydrogens is 967 g/mol. The summed E-state index contributed by atoms with van der Waals surface area (Å²) in [5, 5.41) is 33.6. The van der Waals surface area contributed by atoms with Crippen LogP contribution in [-0.4, -0.2) is 155 Å². The van der Waals surface area contributed by atoms with E-state index in [2.05, 4.69) is 47.9 Å². The number of amides is 12. The van der Waals surface area contributed by atoms with Crippen LogP contribution in [0.4, 0.5) is 0 Å². The number of nitrogens with two attached hydrogens (primary N) is 3. The van der Waals surface area contributed by atoms with Gasteiger partial charge in [-0.2, -0.15) is 0 Å². The van der Waals surface area contributed by atoms with E-state index in [0.29, 0.717) is 44.2 Å². The third-order valence-corrected chi connectivity index (χ3v) is 14.3. The van der Waals surface area contributed by atoms with Gasteiger partial charge in [-0.25, -0.2) is 9.28 Å². The molecule has 4 fully saturated rings. The van der Waals surface area contributed by atoms with E-state index < -0.39 is 168 Å². The molecule has 1 aromatic carbocycles. The molecule has 12 amide bonds. The monoisotopic (exact) mass is 1040 g/mol. The summed E-state index contributed by atoms with van der Waals surface area (Å²) >= 11 is 0. The van der Waals surface area contributed by atoms with Crippen molar-refractivity contribution in [3.8, 4) is 5.75 Å². The van der Waals surface area contributed by atoms with Crippen LogP contribution in [0.3, 0.4) is 0 Å². The zero-order valence-corrected chi connectivity index (χ0v) is 42.0. The first-order valence-corrected chi connectivity index (χ1v) is 25.2. The van der Waals surface area contributed by atoms with Crippen molar-refractivity contribution >= 4 is 70.9 Å². The molecule has 26 nitrogen and oxygen atoms in total. The Kier molecular flexibility index (Phi) is 20.4. The Balaban J connectivity index is 1.40. The number of quaternary nitrogens is 1. The van der Waals surface area contributed by atoms with Crippen molar-refractivity contribution < 1.29 is 67.1 Å². The Morgan fingerprint density at radius 3 is 2.18 bits per heavy atom. The van der Waals surface area contributed by atoms with Crippen LogP contribution in [-0.2, 0) is 64.0 Å². The number of rotatable bonds is 20. The molecule has 12 unspecified atom stereocenters. The number of unbranched alkanes of at least 4 members (excludes halogenated alkanes) is 1. The largest absolute Gasteiger partial charge is 0.508 e. The quantitative estimate of drug-likeness (QED) is 0.0332. The average molecular weight is 1040 g/mol. The fourth-order valence-corrected chi connectivity index (χ4v) is 9.76. The molecule has 12 atom stereocenters. The number of carbonyl (C=O) groups is 12. The highest BCUT2D eigenvalue weighted by molar-refractivity contribution is 5.98. The second kappa shape index (κ2) is 26.1. The van der Waals surface area contributed by atoms with E-state index in [-0.39, 0.29) is 43.9 Å². The van der Waals surface area contributed by atoms with Gasteiger partial charge < -0.3 is 70.2 Å². The van der Waals surface area contributed by atoms with Gasteiger partial charge in [-0.1, -0.05) is 32.4 Å². The number of fused-ring (bicyclic) bond motifs is 1. The molecule has 16 N–H and O–H groups in total. The van der Waals surface area contributed by atoms with Crippen LogP contribution >= 0.6 is 0 Å². The van der Waals surface area contributed by atoms with Crippen molar-refractivity contribution in [2.75, 3.05) is 26.2 Å². The second-order valence-electron chi connectivity index (χ2n) is 19.7. The predicted octanol–water partition coefficient (Wildman–Crippen LogP) is -4.59. The number of hydrogen-bond acceptors (Lipinski definition) is 14. The number of carbonyl (C=O) groups excluding carboxylic acids is 12. The fraction of sp³-hybridized carbons (Fsp3) is 0.625. The molecule has 1 aromatic rings. The number of hydrogen-bond donors (Lipinski definition) is 13. The van der Waals surface area contributed by atoms with E-state index in [4.69, 9.17) is 17.2 Å². The van der Waals surface area contributed by atoms with Gasteiger partial charge in [0, 0.05) is 38.1 Å². The summed E-state index contributed by atoms with van der Waals surface area (Å²) in [6, 6.07) is -3.01. The van der Waals surface area contributed by atoms with E-state index in [0.717, 1.165) is 0 Å². The van der Waals surface area contributed by atoms with Crippen molar-refractivity contribution in [3.05, 3.63) is 29.8 Å². The number of phenolic OH excluding ortho intramolecular Hbond substituents is 1. The molecule has 3 aliphatic heterocycles. The Labute approximate surface area is 427 Å². The summed E-state index contributed by atoms with van der Waals surface area (Å²) in [7, 11) is 0. The Morgan fingerprint density at radius 1 is 0.811 bits per heavy atom. The Hall–Kier alpha value is -7.22. The number of nitrogens with one attached hydrogen (secondary N) is 9. The van der Waals surface area contributed by atoms with Crippen LogP contribution in [0.1, 0.15) is 97.0 Å². The molecule has 0 aromatic heterocycles. The van der Waals surface area contributed by atoms with Crippen molar-refractivity contribution in [1.82, 2.24) is 47.9 Å². The van der Waals surface area contributed by atoms with E-state index in [9.17, 15) is 62.6 Å². The highest BCUT2D eigenvalue weighted by Crippen LogP contribution is 2.46. The standard InChI is InChI=1S/C48H71N13O13/c1-4-24(2)40-47(73)57-31(12-14-35(50)63)44(70)58-33-21-38(66)59-41-25(3)61(41,48(33)74)34(13-15-37(65)53-23-39(67)55-32(45(71)60-40)19-26-8-10-28(62)11-9-26)46(72)52-18-16-27-20-29(27)42(68)56-30(7-5-6-17-49)43(69)54-22-36(51)64/h8-11,24-25,27,29-34,40-41H,4-7,12-23,49H2,1-3H3,(H13-,50,51,52,53,54,55,56,57,58,59,60,62,63,64,65,66,67,68,69,70,71,72,73)/p+1. The van der Waals surface area contributed by atoms with Gasteiger partial charge >= 0.3 is 5.91 Å². The minimum atomic E-state index is -1.59. The van der Waals surface area contributed by atoms with Crippen LogP contribution in [0.25, 0.3) is 0 Å². The van der Waals surface area contributed by atoms with E-state index in [1.807, 2.05) is 0 Å². The van der Waals surface area contributed by atoms with Crippen molar-refractivity contribution in [2.24, 2.45) is 35.0 Å². The number of aromatic hydroxyl groups is 1. The molecule has 1 aliphatic carbocycles. The minimum absolute atomic E-state index is 0.00665. The normalized spacial score (nSPS) is 28.3. The first-order valence-electron chi connectivity index (χ1n) is 25.2. The molecule has 3 saturated heterocycles. The summed E-state index contributed by atoms with van der Waals surface area (Å²) in [6.07, 6.45) is -0.678. The predicted molar refractivity (Wildman–Crippen MR) is 261 cm³/mol. The SMILES string of the molecule is CCC(C)C1NC(=O)C(Cc2ccc(O)cc2)NC(=O)CNC(=O)CCC(C(=O)NCCC2CC2C(=O)NC(CCCCN)C(=O)NCC(N)=O)[N+]23C(=O)C(CC(=O)NC2C3C)NC(=O)C(CCC(N)=O)NC1=O. The van der Waals surface area contributed by atoms with Gasteiger partial charge in [-0.3, -0.25) is 52.7 Å². The Bertz CT molecular complexity index is 2320. The number of primary amides is 2. The molecule has 26 heteroatoms. The molecule has 3 heterocycles. The third-order valence-electron chi connectivity index (χ3n) is 14.3. The zero-order chi connectivity index (χ0) is 54.4. The Morgan fingerprint density at radius 2 is 1.51 bits per heavy atom. The molecule has 1 saturated carbocycles. The topological polar surface area (TPSA) is 411 Å². The molecule has 74 heavy (non-hydrogen) atoms. The summed E-state index contributed by atoms with van der Waals surface area (Å²) in [6.45, 7) is 4.38. The summed E-state index contributed by atoms with van der Waals surface area (Å²) in [4.78, 5) is 162. The smallest absolute Gasteiger partial charge is 0.339 e. The molecule has 2 bridgehead atoms. The molecule has 406 valence electrons. The van der Waals surface area contributed by atoms with E-state index >= 15 is 0 Å². The van der Waals surface area contributed by atoms with Gasteiger partial charge in [0.1, 0.15) is 29.9 Å². The van der Waals surface area contributed by atoms with Gasteiger partial charge in [0.05, 0.1) is 19.5 Å². The van der Waals surface area contributed by atoms with Gasteiger partial charge in [0.15, 0.2) is 18.1 Å². The minimum Gasteiger partial charge on any atom is -0.508 e.